The average molecular weight is 407 g/mol. The van der Waals surface area contributed by atoms with E-state index in [4.69, 9.17) is 9.26 Å². The van der Waals surface area contributed by atoms with E-state index in [1.807, 2.05) is 24.3 Å². The monoisotopic (exact) mass is 407 g/mol. The number of pyridine rings is 2. The smallest absolute Gasteiger partial charge is 0.289 e. The number of methoxy groups -OCH3 is 1. The summed E-state index contributed by atoms with van der Waals surface area (Å²) in [5, 5.41) is 10.2. The van der Waals surface area contributed by atoms with Gasteiger partial charge in [0, 0.05) is 36.6 Å². The van der Waals surface area contributed by atoms with Crippen LogP contribution in [0, 0.1) is 12.8 Å². The van der Waals surface area contributed by atoms with Crippen molar-refractivity contribution in [3.8, 4) is 17.0 Å². The van der Waals surface area contributed by atoms with Crippen molar-refractivity contribution in [1.82, 2.24) is 20.4 Å². The maximum absolute atomic E-state index is 12.1. The molecular formula is C22H25N5O3. The summed E-state index contributed by atoms with van der Waals surface area (Å²) in [6, 6.07) is 9.66. The first-order chi connectivity index (χ1) is 14.6. The van der Waals surface area contributed by atoms with Gasteiger partial charge in [-0.15, -0.1) is 0 Å². The van der Waals surface area contributed by atoms with Gasteiger partial charge in [-0.05, 0) is 56.4 Å². The maximum atomic E-state index is 12.1. The number of nitrogens with one attached hydrogen (secondary N) is 2. The van der Waals surface area contributed by atoms with Crippen LogP contribution in [0.25, 0.3) is 11.3 Å². The van der Waals surface area contributed by atoms with E-state index < -0.39 is 0 Å². The third-order valence-corrected chi connectivity index (χ3v) is 5.32. The van der Waals surface area contributed by atoms with Crippen molar-refractivity contribution in [3.63, 3.8) is 0 Å². The molecule has 30 heavy (non-hydrogen) atoms. The van der Waals surface area contributed by atoms with Gasteiger partial charge in [0.25, 0.3) is 5.91 Å². The SMILES string of the molecule is COc1cccnc1-c1ccc(N[C@H]2CC[C@@H](CNC(=O)c3cc(C)no3)C2)nc1. The first-order valence-corrected chi connectivity index (χ1v) is 10.1. The molecule has 3 aromatic rings. The average Bonchev–Trinajstić information content (AvgIpc) is 3.41. The number of rotatable bonds is 7. The second-order valence-electron chi connectivity index (χ2n) is 7.55. The van der Waals surface area contributed by atoms with Gasteiger partial charge in [0.15, 0.2) is 0 Å². The fraction of sp³-hybridized carbons (Fsp3) is 0.364. The third-order valence-electron chi connectivity index (χ3n) is 5.32. The highest BCUT2D eigenvalue weighted by molar-refractivity contribution is 5.91. The highest BCUT2D eigenvalue weighted by Gasteiger charge is 2.25. The summed E-state index contributed by atoms with van der Waals surface area (Å²) in [7, 11) is 1.63. The molecule has 0 unspecified atom stereocenters. The van der Waals surface area contributed by atoms with E-state index in [-0.39, 0.29) is 11.7 Å². The number of anilines is 1. The molecule has 1 saturated carbocycles. The number of carbonyl (C=O) groups is 1. The van der Waals surface area contributed by atoms with E-state index in [0.717, 1.165) is 42.1 Å². The van der Waals surface area contributed by atoms with Gasteiger partial charge in [-0.1, -0.05) is 5.16 Å². The number of amides is 1. The fourth-order valence-corrected chi connectivity index (χ4v) is 3.79. The molecule has 0 aromatic carbocycles. The number of hydrogen-bond acceptors (Lipinski definition) is 7. The standard InChI is InChI=1S/C22H25N5O3/c1-14-10-19(30-27-14)22(28)25-12-15-5-7-17(11-15)26-20-8-6-16(13-24-20)21-18(29-2)4-3-9-23-21/h3-4,6,8-10,13,15,17H,5,7,11-12H2,1-2H3,(H,24,26)(H,25,28)/t15-,17+/m1/s1. The van der Waals surface area contributed by atoms with Crippen molar-refractivity contribution in [3.05, 3.63) is 54.2 Å². The van der Waals surface area contributed by atoms with Crippen LogP contribution < -0.4 is 15.4 Å². The van der Waals surface area contributed by atoms with Gasteiger partial charge < -0.3 is 19.9 Å². The molecule has 3 heterocycles. The zero-order chi connectivity index (χ0) is 20.9. The molecule has 156 valence electrons. The minimum Gasteiger partial charge on any atom is -0.494 e. The van der Waals surface area contributed by atoms with Crippen LogP contribution in [0.3, 0.4) is 0 Å². The molecule has 0 saturated heterocycles. The van der Waals surface area contributed by atoms with E-state index in [1.54, 1.807) is 32.5 Å². The summed E-state index contributed by atoms with van der Waals surface area (Å²) in [5.74, 6) is 2.03. The molecule has 3 aromatic heterocycles. The first-order valence-electron chi connectivity index (χ1n) is 10.1. The van der Waals surface area contributed by atoms with Crippen LogP contribution in [0.15, 0.2) is 47.2 Å². The van der Waals surface area contributed by atoms with E-state index >= 15 is 0 Å². The van der Waals surface area contributed by atoms with Crippen molar-refractivity contribution < 1.29 is 14.1 Å². The number of hydrogen-bond donors (Lipinski definition) is 2. The minimum atomic E-state index is -0.214. The molecule has 0 spiro atoms. The Labute approximate surface area is 175 Å². The molecule has 8 heteroatoms. The van der Waals surface area contributed by atoms with Crippen molar-refractivity contribution in [2.75, 3.05) is 19.0 Å². The zero-order valence-corrected chi connectivity index (χ0v) is 17.1. The molecule has 0 radical (unpaired) electrons. The van der Waals surface area contributed by atoms with Crippen LogP contribution in [-0.2, 0) is 0 Å². The molecule has 8 nitrogen and oxygen atoms in total. The van der Waals surface area contributed by atoms with Gasteiger partial charge in [0.05, 0.1) is 12.8 Å². The quantitative estimate of drug-likeness (QED) is 0.618. The minimum absolute atomic E-state index is 0.214. The van der Waals surface area contributed by atoms with E-state index in [2.05, 4.69) is 25.8 Å². The van der Waals surface area contributed by atoms with Crippen LogP contribution in [0.5, 0.6) is 5.75 Å². The lowest BCUT2D eigenvalue weighted by Crippen LogP contribution is -2.28. The molecule has 1 aliphatic rings. The molecular weight excluding hydrogens is 382 g/mol. The Balaban J connectivity index is 1.28. The second-order valence-corrected chi connectivity index (χ2v) is 7.55. The third kappa shape index (κ3) is 4.59. The largest absolute Gasteiger partial charge is 0.494 e. The predicted octanol–water partition coefficient (Wildman–Crippen LogP) is 3.46. The Morgan fingerprint density at radius 1 is 1.27 bits per heavy atom. The second kappa shape index (κ2) is 8.94. The fourth-order valence-electron chi connectivity index (χ4n) is 3.79. The molecule has 2 N–H and O–H groups in total. The Kier molecular flexibility index (Phi) is 5.92. The van der Waals surface area contributed by atoms with E-state index in [9.17, 15) is 4.79 Å². The molecule has 1 fully saturated rings. The van der Waals surface area contributed by atoms with Crippen LogP contribution in [0.4, 0.5) is 5.82 Å². The van der Waals surface area contributed by atoms with Crippen molar-refractivity contribution in [2.24, 2.45) is 5.92 Å². The molecule has 0 bridgehead atoms. The van der Waals surface area contributed by atoms with Gasteiger partial charge in [-0.25, -0.2) is 4.98 Å². The summed E-state index contributed by atoms with van der Waals surface area (Å²) >= 11 is 0. The number of aromatic nitrogens is 3. The van der Waals surface area contributed by atoms with E-state index in [1.165, 1.54) is 0 Å². The summed E-state index contributed by atoms with van der Waals surface area (Å²) in [6.45, 7) is 2.42. The lowest BCUT2D eigenvalue weighted by molar-refractivity contribution is 0.0910. The normalized spacial score (nSPS) is 18.2. The van der Waals surface area contributed by atoms with E-state index in [0.29, 0.717) is 24.2 Å². The van der Waals surface area contributed by atoms with Crippen molar-refractivity contribution in [1.29, 1.82) is 0 Å². The maximum Gasteiger partial charge on any atom is 0.289 e. The first kappa shape index (κ1) is 19.9. The van der Waals surface area contributed by atoms with Crippen molar-refractivity contribution >= 4 is 11.7 Å². The zero-order valence-electron chi connectivity index (χ0n) is 17.1. The molecule has 1 aliphatic carbocycles. The van der Waals surface area contributed by atoms with Crippen LogP contribution in [-0.4, -0.2) is 40.7 Å². The lowest BCUT2D eigenvalue weighted by Gasteiger charge is -2.15. The number of ether oxygens (including phenoxy) is 1. The molecule has 4 rings (SSSR count). The topological polar surface area (TPSA) is 102 Å². The van der Waals surface area contributed by atoms with Crippen molar-refractivity contribution in [2.45, 2.75) is 32.2 Å². The number of carbonyl (C=O) groups excluding carboxylic acids is 1. The Bertz CT molecular complexity index is 1000. The van der Waals surface area contributed by atoms with Gasteiger partial charge in [0.1, 0.15) is 17.3 Å². The molecule has 2 atom stereocenters. The summed E-state index contributed by atoms with van der Waals surface area (Å²) in [5.41, 5.74) is 2.38. The predicted molar refractivity (Wildman–Crippen MR) is 112 cm³/mol. The Morgan fingerprint density at radius 2 is 2.17 bits per heavy atom. The Morgan fingerprint density at radius 3 is 2.90 bits per heavy atom. The number of nitrogens with zero attached hydrogens (tertiary/aromatic N) is 3. The Hall–Kier alpha value is -3.42. The van der Waals surface area contributed by atoms with Crippen LogP contribution in [0.2, 0.25) is 0 Å². The number of aryl methyl sites for hydroxylation is 1. The van der Waals surface area contributed by atoms with Crippen LogP contribution in [0.1, 0.15) is 35.5 Å². The highest BCUT2D eigenvalue weighted by Crippen LogP contribution is 2.29. The summed E-state index contributed by atoms with van der Waals surface area (Å²) in [6.07, 6.45) is 6.62. The summed E-state index contributed by atoms with van der Waals surface area (Å²) < 4.78 is 10.4. The van der Waals surface area contributed by atoms with Gasteiger partial charge in [-0.2, -0.15) is 0 Å². The molecule has 1 amide bonds. The lowest BCUT2D eigenvalue weighted by atomic mass is 10.1. The van der Waals surface area contributed by atoms with Crippen LogP contribution >= 0.6 is 0 Å². The van der Waals surface area contributed by atoms with Gasteiger partial charge in [-0.3, -0.25) is 9.78 Å². The highest BCUT2D eigenvalue weighted by atomic mass is 16.5. The summed E-state index contributed by atoms with van der Waals surface area (Å²) in [4.78, 5) is 21.0. The van der Waals surface area contributed by atoms with Gasteiger partial charge >= 0.3 is 0 Å². The molecule has 0 aliphatic heterocycles. The van der Waals surface area contributed by atoms with Gasteiger partial charge in [0.2, 0.25) is 5.76 Å².